The first-order chi connectivity index (χ1) is 9.27. The lowest BCUT2D eigenvalue weighted by molar-refractivity contribution is 0.316. The molecule has 0 saturated carbocycles. The summed E-state index contributed by atoms with van der Waals surface area (Å²) in [6.45, 7) is 0.268. The molecule has 1 fully saturated rings. The molecular formula is C10H21N3O5S2. The van der Waals surface area contributed by atoms with Crippen LogP contribution in [0.4, 0.5) is 0 Å². The van der Waals surface area contributed by atoms with Gasteiger partial charge in [-0.2, -0.15) is 0 Å². The second-order valence-corrected chi connectivity index (χ2v) is 9.19. The van der Waals surface area contributed by atoms with Crippen LogP contribution in [0.25, 0.3) is 0 Å². The summed E-state index contributed by atoms with van der Waals surface area (Å²) in [7, 11) is -6.53. The number of sulfonamides is 1. The van der Waals surface area contributed by atoms with Gasteiger partial charge in [0.15, 0.2) is 0 Å². The molecular weight excluding hydrogens is 306 g/mol. The summed E-state index contributed by atoms with van der Waals surface area (Å²) < 4.78 is 48.9. The predicted octanol–water partition coefficient (Wildman–Crippen LogP) is -0.600. The van der Waals surface area contributed by atoms with E-state index in [1.165, 1.54) is 0 Å². The number of nitrogens with two attached hydrogens (primary N) is 1. The quantitative estimate of drug-likeness (QED) is 0.188. The van der Waals surface area contributed by atoms with Crippen molar-refractivity contribution in [1.82, 2.24) is 4.72 Å². The molecule has 0 radical (unpaired) electrons. The number of sulfone groups is 1. The minimum Gasteiger partial charge on any atom is -0.409 e. The highest BCUT2D eigenvalue weighted by molar-refractivity contribution is 7.92. The monoisotopic (exact) mass is 327 g/mol. The summed E-state index contributed by atoms with van der Waals surface area (Å²) in [6.07, 6.45) is 1.89. The minimum atomic E-state index is -3.47. The normalized spacial score (nSPS) is 20.9. The number of unbranched alkanes of at least 4 members (excludes halogenated alkanes) is 1. The van der Waals surface area contributed by atoms with Crippen molar-refractivity contribution >= 4 is 25.7 Å². The van der Waals surface area contributed by atoms with Gasteiger partial charge in [0, 0.05) is 13.0 Å². The van der Waals surface area contributed by atoms with Gasteiger partial charge in [0.2, 0.25) is 10.0 Å². The Balaban J connectivity index is 2.32. The maximum atomic E-state index is 12.0. The smallest absolute Gasteiger partial charge is 0.214 e. The van der Waals surface area contributed by atoms with Crippen LogP contribution < -0.4 is 10.5 Å². The minimum absolute atomic E-state index is 0.0674. The summed E-state index contributed by atoms with van der Waals surface area (Å²) in [6, 6.07) is 0. The second kappa shape index (κ2) is 7.23. The van der Waals surface area contributed by atoms with Crippen molar-refractivity contribution in [2.75, 3.05) is 18.1 Å². The first-order valence-electron chi connectivity index (χ1n) is 6.42. The largest absolute Gasteiger partial charge is 0.409 e. The number of oxime groups is 1. The predicted molar refractivity (Wildman–Crippen MR) is 75.9 cm³/mol. The van der Waals surface area contributed by atoms with Crippen LogP contribution in [0.3, 0.4) is 0 Å². The maximum Gasteiger partial charge on any atom is 0.214 e. The van der Waals surface area contributed by atoms with Crippen molar-refractivity contribution in [3.8, 4) is 0 Å². The van der Waals surface area contributed by atoms with Crippen LogP contribution in [0.2, 0.25) is 0 Å². The van der Waals surface area contributed by atoms with Crippen molar-refractivity contribution in [1.29, 1.82) is 0 Å². The lowest BCUT2D eigenvalue weighted by Crippen LogP contribution is -2.40. The molecule has 0 aromatic carbocycles. The molecule has 0 unspecified atom stereocenters. The SMILES string of the molecule is NC(CCCCNS(=O)(=O)C1CCS(=O)(=O)CC1)=NO. The number of hydrogen-bond donors (Lipinski definition) is 3. The van der Waals surface area contributed by atoms with Gasteiger partial charge in [-0.05, 0) is 25.7 Å². The van der Waals surface area contributed by atoms with Crippen LogP contribution in [0.1, 0.15) is 32.1 Å². The molecule has 0 aromatic heterocycles. The Morgan fingerprint density at radius 1 is 1.30 bits per heavy atom. The molecule has 10 heteroatoms. The maximum absolute atomic E-state index is 12.0. The van der Waals surface area contributed by atoms with Crippen LogP contribution >= 0.6 is 0 Å². The van der Waals surface area contributed by atoms with Crippen molar-refractivity contribution in [3.63, 3.8) is 0 Å². The van der Waals surface area contributed by atoms with E-state index >= 15 is 0 Å². The molecule has 0 atom stereocenters. The highest BCUT2D eigenvalue weighted by atomic mass is 32.2. The summed E-state index contributed by atoms with van der Waals surface area (Å²) in [4.78, 5) is 0. The Morgan fingerprint density at radius 2 is 1.90 bits per heavy atom. The average molecular weight is 327 g/mol. The highest BCUT2D eigenvalue weighted by Gasteiger charge is 2.32. The van der Waals surface area contributed by atoms with Gasteiger partial charge in [0.25, 0.3) is 0 Å². The van der Waals surface area contributed by atoms with E-state index in [0.717, 1.165) is 0 Å². The van der Waals surface area contributed by atoms with E-state index in [9.17, 15) is 16.8 Å². The summed E-state index contributed by atoms with van der Waals surface area (Å²) in [5.74, 6) is -0.0187. The molecule has 118 valence electrons. The standard InChI is InChI=1S/C10H21N3O5S2/c11-10(13-14)3-1-2-6-12-20(17,18)9-4-7-19(15,16)8-5-9/h9,12,14H,1-8H2,(H2,11,13). The highest BCUT2D eigenvalue weighted by Crippen LogP contribution is 2.18. The van der Waals surface area contributed by atoms with Crippen LogP contribution in [0.5, 0.6) is 0 Å². The third kappa shape index (κ3) is 5.63. The first kappa shape index (κ1) is 17.2. The third-order valence-electron chi connectivity index (χ3n) is 3.23. The zero-order valence-corrected chi connectivity index (χ0v) is 12.8. The van der Waals surface area contributed by atoms with Crippen molar-refractivity contribution < 1.29 is 22.0 Å². The molecule has 0 aromatic rings. The van der Waals surface area contributed by atoms with Gasteiger partial charge in [-0.15, -0.1) is 0 Å². The molecule has 1 saturated heterocycles. The van der Waals surface area contributed by atoms with E-state index in [0.29, 0.717) is 19.3 Å². The van der Waals surface area contributed by atoms with Gasteiger partial charge in [0.1, 0.15) is 15.7 Å². The van der Waals surface area contributed by atoms with Gasteiger partial charge in [-0.3, -0.25) is 0 Å². The first-order valence-corrected chi connectivity index (χ1v) is 9.79. The molecule has 0 spiro atoms. The second-order valence-electron chi connectivity index (χ2n) is 4.84. The van der Waals surface area contributed by atoms with Crippen molar-refractivity contribution in [2.24, 2.45) is 10.9 Å². The fourth-order valence-electron chi connectivity index (χ4n) is 1.99. The molecule has 0 amide bonds. The number of nitrogens with zero attached hydrogens (tertiary/aromatic N) is 1. The zero-order valence-electron chi connectivity index (χ0n) is 11.2. The molecule has 4 N–H and O–H groups in total. The van der Waals surface area contributed by atoms with E-state index in [2.05, 4.69) is 9.88 Å². The Morgan fingerprint density at radius 3 is 2.45 bits per heavy atom. The van der Waals surface area contributed by atoms with E-state index < -0.39 is 25.1 Å². The summed E-state index contributed by atoms with van der Waals surface area (Å²) >= 11 is 0. The molecule has 1 heterocycles. The van der Waals surface area contributed by atoms with E-state index in [-0.39, 0.29) is 36.7 Å². The molecule has 0 aliphatic carbocycles. The van der Waals surface area contributed by atoms with E-state index in [4.69, 9.17) is 10.9 Å². The number of amidine groups is 1. The van der Waals surface area contributed by atoms with E-state index in [1.807, 2.05) is 0 Å². The number of nitrogens with one attached hydrogen (secondary N) is 1. The fourth-order valence-corrected chi connectivity index (χ4v) is 5.30. The third-order valence-corrected chi connectivity index (χ3v) is 6.90. The van der Waals surface area contributed by atoms with Gasteiger partial charge in [-0.25, -0.2) is 21.6 Å². The summed E-state index contributed by atoms with van der Waals surface area (Å²) in [5, 5.41) is 10.5. The van der Waals surface area contributed by atoms with Gasteiger partial charge in [0.05, 0.1) is 16.8 Å². The van der Waals surface area contributed by atoms with Crippen molar-refractivity contribution in [3.05, 3.63) is 0 Å². The molecule has 1 rings (SSSR count). The van der Waals surface area contributed by atoms with Crippen LogP contribution in [0, 0.1) is 0 Å². The van der Waals surface area contributed by atoms with Crippen molar-refractivity contribution in [2.45, 2.75) is 37.4 Å². The zero-order chi connectivity index (χ0) is 15.2. The summed E-state index contributed by atoms with van der Waals surface area (Å²) in [5.41, 5.74) is 5.29. The molecule has 0 bridgehead atoms. The van der Waals surface area contributed by atoms with Gasteiger partial charge >= 0.3 is 0 Å². The number of rotatable bonds is 7. The topological polar surface area (TPSA) is 139 Å². The molecule has 8 nitrogen and oxygen atoms in total. The molecule has 1 aliphatic heterocycles. The number of hydrogen-bond acceptors (Lipinski definition) is 6. The van der Waals surface area contributed by atoms with Crippen LogP contribution in [0.15, 0.2) is 5.16 Å². The van der Waals surface area contributed by atoms with Gasteiger partial charge in [-0.1, -0.05) is 5.16 Å². The molecule has 1 aliphatic rings. The lowest BCUT2D eigenvalue weighted by Gasteiger charge is -2.22. The Kier molecular flexibility index (Phi) is 6.21. The van der Waals surface area contributed by atoms with Crippen LogP contribution in [-0.2, 0) is 19.9 Å². The Hall–Kier alpha value is -0.870. The van der Waals surface area contributed by atoms with Crippen LogP contribution in [-0.4, -0.2) is 51.2 Å². The lowest BCUT2D eigenvalue weighted by atomic mass is 10.2. The Labute approximate surface area is 119 Å². The Bertz CT molecular complexity index is 527. The fraction of sp³-hybridized carbons (Fsp3) is 0.900. The average Bonchev–Trinajstić information content (AvgIpc) is 2.37. The van der Waals surface area contributed by atoms with Gasteiger partial charge < -0.3 is 10.9 Å². The van der Waals surface area contributed by atoms with E-state index in [1.54, 1.807) is 0 Å². The molecule has 20 heavy (non-hydrogen) atoms.